The van der Waals surface area contributed by atoms with Crippen molar-refractivity contribution >= 4 is 21.6 Å². The van der Waals surface area contributed by atoms with Gasteiger partial charge in [-0.1, -0.05) is 31.9 Å². The Morgan fingerprint density at radius 1 is 1.11 bits per heavy atom. The van der Waals surface area contributed by atoms with Gasteiger partial charge in [0.1, 0.15) is 5.82 Å². The van der Waals surface area contributed by atoms with E-state index in [0.717, 1.165) is 25.3 Å². The van der Waals surface area contributed by atoms with E-state index in [2.05, 4.69) is 17.0 Å². The molecule has 150 valence electrons. The topological polar surface area (TPSA) is 75.3 Å². The quantitative estimate of drug-likeness (QED) is 0.783. The number of hydrogen-bond donors (Lipinski definition) is 2. The summed E-state index contributed by atoms with van der Waals surface area (Å²) in [6, 6.07) is 10.2. The number of halogens is 1. The van der Waals surface area contributed by atoms with Crippen molar-refractivity contribution in [3.05, 3.63) is 59.4 Å². The van der Waals surface area contributed by atoms with Crippen LogP contribution in [0.2, 0.25) is 0 Å². The second-order valence-corrected chi connectivity index (χ2v) is 9.12. The molecule has 0 aliphatic heterocycles. The van der Waals surface area contributed by atoms with Crippen molar-refractivity contribution in [2.24, 2.45) is 5.92 Å². The first-order valence-electron chi connectivity index (χ1n) is 9.46. The summed E-state index contributed by atoms with van der Waals surface area (Å²) in [4.78, 5) is 12.4. The molecule has 0 saturated heterocycles. The maximum absolute atomic E-state index is 13.7. The number of amides is 1. The van der Waals surface area contributed by atoms with E-state index in [9.17, 15) is 17.6 Å². The van der Waals surface area contributed by atoms with Gasteiger partial charge in [0.2, 0.25) is 0 Å². The number of rotatable bonds is 5. The van der Waals surface area contributed by atoms with Crippen LogP contribution in [0.3, 0.4) is 0 Å². The van der Waals surface area contributed by atoms with Gasteiger partial charge in [-0.15, -0.1) is 0 Å². The molecule has 5 nitrogen and oxygen atoms in total. The normalized spacial score (nSPS) is 19.8. The van der Waals surface area contributed by atoms with Crippen LogP contribution in [0.4, 0.5) is 10.1 Å². The molecule has 1 fully saturated rings. The standard InChI is InChI=1S/C21H25FN2O3S/c1-14-10-11-18(13-19(14)22)28(26,27)24-17-8-5-7-16(12-17)21(25)23-20-9-4-3-6-15(20)2/h5,7-8,10-13,15,20,24H,3-4,6,9H2,1-2H3,(H,23,25)/t15-,20+/m0/s1. The first kappa shape index (κ1) is 20.3. The number of hydrogen-bond acceptors (Lipinski definition) is 3. The molecule has 1 aliphatic carbocycles. The SMILES string of the molecule is Cc1ccc(S(=O)(=O)Nc2cccc(C(=O)N[C@@H]3CCCC[C@@H]3C)c2)cc1F. The maximum atomic E-state index is 13.7. The third-order valence-electron chi connectivity index (χ3n) is 5.26. The minimum atomic E-state index is -3.95. The third kappa shape index (κ3) is 4.70. The van der Waals surface area contributed by atoms with Crippen LogP contribution < -0.4 is 10.0 Å². The lowest BCUT2D eigenvalue weighted by atomic mass is 9.86. The number of aryl methyl sites for hydroxylation is 1. The van der Waals surface area contributed by atoms with Crippen LogP contribution in [0, 0.1) is 18.7 Å². The highest BCUT2D eigenvalue weighted by Gasteiger charge is 2.23. The Morgan fingerprint density at radius 3 is 2.57 bits per heavy atom. The van der Waals surface area contributed by atoms with Crippen molar-refractivity contribution in [1.29, 1.82) is 0 Å². The summed E-state index contributed by atoms with van der Waals surface area (Å²) < 4.78 is 41.2. The van der Waals surface area contributed by atoms with Crippen LogP contribution in [-0.2, 0) is 10.0 Å². The van der Waals surface area contributed by atoms with Crippen LogP contribution in [0.5, 0.6) is 0 Å². The predicted molar refractivity (Wildman–Crippen MR) is 107 cm³/mol. The van der Waals surface area contributed by atoms with E-state index in [0.29, 0.717) is 17.0 Å². The summed E-state index contributed by atoms with van der Waals surface area (Å²) >= 11 is 0. The van der Waals surface area contributed by atoms with Gasteiger partial charge in [0.25, 0.3) is 15.9 Å². The Balaban J connectivity index is 1.75. The summed E-state index contributed by atoms with van der Waals surface area (Å²) in [5.74, 6) is -0.380. The van der Waals surface area contributed by atoms with E-state index >= 15 is 0 Å². The highest BCUT2D eigenvalue weighted by Crippen LogP contribution is 2.24. The molecule has 0 unspecified atom stereocenters. The van der Waals surface area contributed by atoms with Gasteiger partial charge < -0.3 is 5.32 Å². The molecule has 2 aromatic rings. The Bertz CT molecular complexity index is 975. The molecule has 0 aromatic heterocycles. The van der Waals surface area contributed by atoms with Gasteiger partial charge >= 0.3 is 0 Å². The van der Waals surface area contributed by atoms with E-state index in [1.165, 1.54) is 24.6 Å². The van der Waals surface area contributed by atoms with Gasteiger partial charge in [0, 0.05) is 17.3 Å². The second kappa shape index (κ2) is 8.31. The Kier molecular flexibility index (Phi) is 6.03. The molecule has 0 bridgehead atoms. The van der Waals surface area contributed by atoms with Gasteiger partial charge in [-0.25, -0.2) is 12.8 Å². The molecule has 1 aliphatic rings. The fourth-order valence-corrected chi connectivity index (χ4v) is 4.52. The summed E-state index contributed by atoms with van der Waals surface area (Å²) in [5.41, 5.74) is 1.01. The summed E-state index contributed by atoms with van der Waals surface area (Å²) in [6.45, 7) is 3.70. The number of carbonyl (C=O) groups excluding carboxylic acids is 1. The van der Waals surface area contributed by atoms with Crippen LogP contribution in [0.15, 0.2) is 47.4 Å². The first-order valence-corrected chi connectivity index (χ1v) is 10.9. The van der Waals surface area contributed by atoms with E-state index in [4.69, 9.17) is 0 Å². The van der Waals surface area contributed by atoms with Crippen LogP contribution in [0.1, 0.15) is 48.5 Å². The number of sulfonamides is 1. The molecule has 2 N–H and O–H groups in total. The summed E-state index contributed by atoms with van der Waals surface area (Å²) in [6.07, 6.45) is 4.34. The minimum absolute atomic E-state index is 0.136. The lowest BCUT2D eigenvalue weighted by Gasteiger charge is -2.29. The predicted octanol–water partition coefficient (Wildman–Crippen LogP) is 4.24. The zero-order valence-corrected chi connectivity index (χ0v) is 16.9. The molecule has 3 rings (SSSR count). The summed E-state index contributed by atoms with van der Waals surface area (Å²) in [7, 11) is -3.95. The molecule has 1 amide bonds. The van der Waals surface area contributed by atoms with E-state index < -0.39 is 15.8 Å². The molecule has 2 aromatic carbocycles. The van der Waals surface area contributed by atoms with Crippen LogP contribution in [-0.4, -0.2) is 20.4 Å². The number of carbonyl (C=O) groups is 1. The van der Waals surface area contributed by atoms with Crippen molar-refractivity contribution in [2.75, 3.05) is 4.72 Å². The van der Waals surface area contributed by atoms with Gasteiger partial charge in [0.05, 0.1) is 4.90 Å². The van der Waals surface area contributed by atoms with E-state index in [1.807, 2.05) is 0 Å². The minimum Gasteiger partial charge on any atom is -0.349 e. The number of anilines is 1. The van der Waals surface area contributed by atoms with Gasteiger partial charge in [0.15, 0.2) is 0 Å². The highest BCUT2D eigenvalue weighted by atomic mass is 32.2. The van der Waals surface area contributed by atoms with Gasteiger partial charge in [-0.2, -0.15) is 0 Å². The van der Waals surface area contributed by atoms with Crippen molar-refractivity contribution in [2.45, 2.75) is 50.5 Å². The lowest BCUT2D eigenvalue weighted by molar-refractivity contribution is 0.0910. The first-order chi connectivity index (χ1) is 13.3. The molecule has 28 heavy (non-hydrogen) atoms. The average Bonchev–Trinajstić information content (AvgIpc) is 2.65. The monoisotopic (exact) mass is 404 g/mol. The molecular formula is C21H25FN2O3S. The Labute approximate surface area is 165 Å². The molecule has 0 heterocycles. The van der Waals surface area contributed by atoms with E-state index in [-0.39, 0.29) is 22.5 Å². The maximum Gasteiger partial charge on any atom is 0.261 e. The third-order valence-corrected chi connectivity index (χ3v) is 6.64. The number of nitrogens with one attached hydrogen (secondary N) is 2. The highest BCUT2D eigenvalue weighted by molar-refractivity contribution is 7.92. The Hall–Kier alpha value is -2.41. The van der Waals surface area contributed by atoms with Crippen molar-refractivity contribution in [1.82, 2.24) is 5.32 Å². The van der Waals surface area contributed by atoms with Crippen molar-refractivity contribution in [3.63, 3.8) is 0 Å². The smallest absolute Gasteiger partial charge is 0.261 e. The molecule has 0 spiro atoms. The zero-order chi connectivity index (χ0) is 20.3. The van der Waals surface area contributed by atoms with Crippen LogP contribution >= 0.6 is 0 Å². The molecule has 1 saturated carbocycles. The largest absolute Gasteiger partial charge is 0.349 e. The zero-order valence-electron chi connectivity index (χ0n) is 16.0. The lowest BCUT2D eigenvalue weighted by Crippen LogP contribution is -2.41. The second-order valence-electron chi connectivity index (χ2n) is 7.44. The Morgan fingerprint density at radius 2 is 1.86 bits per heavy atom. The van der Waals surface area contributed by atoms with Gasteiger partial charge in [-0.3, -0.25) is 9.52 Å². The fourth-order valence-electron chi connectivity index (χ4n) is 3.46. The van der Waals surface area contributed by atoms with Crippen molar-refractivity contribution in [3.8, 4) is 0 Å². The molecular weight excluding hydrogens is 379 g/mol. The van der Waals surface area contributed by atoms with Gasteiger partial charge in [-0.05, 0) is 61.6 Å². The van der Waals surface area contributed by atoms with Crippen LogP contribution in [0.25, 0.3) is 0 Å². The fraction of sp³-hybridized carbons (Fsp3) is 0.381. The number of benzene rings is 2. The molecule has 7 heteroatoms. The summed E-state index contributed by atoms with van der Waals surface area (Å²) in [5, 5.41) is 3.05. The molecule has 0 radical (unpaired) electrons. The average molecular weight is 405 g/mol. The van der Waals surface area contributed by atoms with E-state index in [1.54, 1.807) is 25.1 Å². The van der Waals surface area contributed by atoms with Crippen molar-refractivity contribution < 1.29 is 17.6 Å². The molecule has 2 atom stereocenters.